The fourth-order valence-corrected chi connectivity index (χ4v) is 2.65. The van der Waals surface area contributed by atoms with Crippen LogP contribution in [-0.4, -0.2) is 17.2 Å². The maximum absolute atomic E-state index is 12.0. The quantitative estimate of drug-likeness (QED) is 0.864. The van der Waals surface area contributed by atoms with Crippen molar-refractivity contribution in [3.05, 3.63) is 33.7 Å². The predicted octanol–water partition coefficient (Wildman–Crippen LogP) is 1.97. The molecule has 1 unspecified atom stereocenters. The topological polar surface area (TPSA) is 34.0 Å². The molecule has 1 heterocycles. The van der Waals surface area contributed by atoms with E-state index >= 15 is 0 Å². The average Bonchev–Trinajstić information content (AvgIpc) is 2.78. The number of aromatic nitrogens is 1. The summed E-state index contributed by atoms with van der Waals surface area (Å²) in [4.78, 5) is 12.0. The molecule has 2 rings (SSSR count). The van der Waals surface area contributed by atoms with Gasteiger partial charge in [0.05, 0.1) is 0 Å². The lowest BCUT2D eigenvalue weighted by Crippen LogP contribution is -2.33. The lowest BCUT2D eigenvalue weighted by molar-refractivity contribution is 0.414. The van der Waals surface area contributed by atoms with E-state index in [9.17, 15) is 4.79 Å². The van der Waals surface area contributed by atoms with Crippen molar-refractivity contribution in [2.24, 2.45) is 5.92 Å². The molecule has 1 aliphatic rings. The lowest BCUT2D eigenvalue weighted by atomic mass is 10.1. The van der Waals surface area contributed by atoms with Crippen molar-refractivity contribution in [1.29, 1.82) is 0 Å². The Balaban J connectivity index is 2.09. The number of rotatable bonds is 5. The highest BCUT2D eigenvalue weighted by Gasteiger charge is 2.17. The first-order valence-electron chi connectivity index (χ1n) is 7.03. The molecule has 0 aromatic carbocycles. The molecule has 0 saturated carbocycles. The molecule has 18 heavy (non-hydrogen) atoms. The molecular weight excluding hydrogens is 224 g/mol. The smallest absolute Gasteiger partial charge is 0.250 e. The molecule has 0 spiro atoms. The number of nitrogens with zero attached hydrogens (tertiary/aromatic N) is 1. The summed E-state index contributed by atoms with van der Waals surface area (Å²) in [5.41, 5.74) is 2.81. The van der Waals surface area contributed by atoms with Crippen LogP contribution >= 0.6 is 0 Å². The molecule has 100 valence electrons. The third kappa shape index (κ3) is 3.02. The number of pyridine rings is 1. The second-order valence-electron chi connectivity index (χ2n) is 5.78. The van der Waals surface area contributed by atoms with Crippen LogP contribution in [0.25, 0.3) is 0 Å². The van der Waals surface area contributed by atoms with Crippen LogP contribution in [0.3, 0.4) is 0 Å². The van der Waals surface area contributed by atoms with Crippen LogP contribution in [0.2, 0.25) is 0 Å². The van der Waals surface area contributed by atoms with Crippen LogP contribution in [0.1, 0.15) is 38.4 Å². The number of hydrogen-bond acceptors (Lipinski definition) is 2. The molecule has 3 nitrogen and oxygen atoms in total. The van der Waals surface area contributed by atoms with Crippen LogP contribution in [0.5, 0.6) is 0 Å². The van der Waals surface area contributed by atoms with Gasteiger partial charge in [0.2, 0.25) is 0 Å². The summed E-state index contributed by atoms with van der Waals surface area (Å²) in [6.45, 7) is 8.31. The van der Waals surface area contributed by atoms with Crippen molar-refractivity contribution >= 4 is 0 Å². The van der Waals surface area contributed by atoms with E-state index < -0.39 is 0 Å². The van der Waals surface area contributed by atoms with Crippen molar-refractivity contribution in [2.45, 2.75) is 52.6 Å². The molecule has 0 bridgehead atoms. The van der Waals surface area contributed by atoms with E-state index in [-0.39, 0.29) is 5.56 Å². The molecule has 0 amide bonds. The molecule has 0 radical (unpaired) electrons. The van der Waals surface area contributed by atoms with Gasteiger partial charge in [0.25, 0.3) is 5.56 Å². The van der Waals surface area contributed by atoms with Gasteiger partial charge in [-0.1, -0.05) is 26.8 Å². The minimum absolute atomic E-state index is 0.159. The van der Waals surface area contributed by atoms with Gasteiger partial charge in [-0.05, 0) is 37.3 Å². The van der Waals surface area contributed by atoms with E-state index in [0.717, 1.165) is 25.9 Å². The zero-order chi connectivity index (χ0) is 13.1. The van der Waals surface area contributed by atoms with Crippen molar-refractivity contribution in [2.75, 3.05) is 6.54 Å². The van der Waals surface area contributed by atoms with E-state index in [2.05, 4.69) is 26.1 Å². The van der Waals surface area contributed by atoms with E-state index in [1.54, 1.807) is 6.07 Å². The number of hydrogen-bond donors (Lipinski definition) is 1. The van der Waals surface area contributed by atoms with Crippen LogP contribution < -0.4 is 10.9 Å². The third-order valence-electron chi connectivity index (χ3n) is 3.62. The van der Waals surface area contributed by atoms with Gasteiger partial charge in [0.15, 0.2) is 0 Å². The van der Waals surface area contributed by atoms with Crippen LogP contribution in [0, 0.1) is 5.92 Å². The first kappa shape index (κ1) is 13.3. The Morgan fingerprint density at radius 3 is 2.78 bits per heavy atom. The summed E-state index contributed by atoms with van der Waals surface area (Å²) in [6.07, 6.45) is 3.39. The second kappa shape index (κ2) is 5.70. The minimum atomic E-state index is 0.159. The Kier molecular flexibility index (Phi) is 4.23. The Labute approximate surface area is 109 Å². The summed E-state index contributed by atoms with van der Waals surface area (Å²) in [7, 11) is 0. The predicted molar refractivity (Wildman–Crippen MR) is 75.0 cm³/mol. The second-order valence-corrected chi connectivity index (χ2v) is 5.78. The zero-order valence-electron chi connectivity index (χ0n) is 11.7. The van der Waals surface area contributed by atoms with Crippen LogP contribution in [0.4, 0.5) is 0 Å². The number of aryl methyl sites for hydroxylation is 1. The van der Waals surface area contributed by atoms with Gasteiger partial charge in [0, 0.05) is 24.3 Å². The molecule has 3 heteroatoms. The van der Waals surface area contributed by atoms with E-state index in [4.69, 9.17) is 0 Å². The maximum Gasteiger partial charge on any atom is 0.250 e. The lowest BCUT2D eigenvalue weighted by Gasteiger charge is -2.18. The van der Waals surface area contributed by atoms with E-state index in [1.807, 2.05) is 10.6 Å². The maximum atomic E-state index is 12.0. The molecule has 1 atom stereocenters. The molecule has 0 saturated heterocycles. The molecular formula is C15H24N2O. The fraction of sp³-hybridized carbons (Fsp3) is 0.667. The van der Waals surface area contributed by atoms with Crippen LogP contribution in [-0.2, 0) is 19.4 Å². The summed E-state index contributed by atoms with van der Waals surface area (Å²) < 4.78 is 2.00. The van der Waals surface area contributed by atoms with Crippen molar-refractivity contribution in [1.82, 2.24) is 9.88 Å². The molecule has 0 aliphatic heterocycles. The SMILES string of the molecule is CC(CNC(C)C)Cn1c2c(ccc1=O)CCC2. The van der Waals surface area contributed by atoms with Gasteiger partial charge in [-0.15, -0.1) is 0 Å². The normalized spacial score (nSPS) is 16.0. The Morgan fingerprint density at radius 2 is 2.06 bits per heavy atom. The zero-order valence-corrected chi connectivity index (χ0v) is 11.7. The van der Waals surface area contributed by atoms with Gasteiger partial charge in [-0.3, -0.25) is 4.79 Å². The Hall–Kier alpha value is -1.09. The first-order chi connectivity index (χ1) is 8.58. The summed E-state index contributed by atoms with van der Waals surface area (Å²) in [6, 6.07) is 4.25. The number of nitrogens with one attached hydrogen (secondary N) is 1. The summed E-state index contributed by atoms with van der Waals surface area (Å²) >= 11 is 0. The van der Waals surface area contributed by atoms with E-state index in [1.165, 1.54) is 17.7 Å². The Bertz CT molecular complexity index is 462. The fourth-order valence-electron chi connectivity index (χ4n) is 2.65. The third-order valence-corrected chi connectivity index (χ3v) is 3.62. The largest absolute Gasteiger partial charge is 0.314 e. The van der Waals surface area contributed by atoms with Gasteiger partial charge in [0.1, 0.15) is 0 Å². The molecule has 0 fully saturated rings. The highest BCUT2D eigenvalue weighted by Crippen LogP contribution is 2.20. The van der Waals surface area contributed by atoms with Gasteiger partial charge >= 0.3 is 0 Å². The summed E-state index contributed by atoms with van der Waals surface area (Å²) in [5.74, 6) is 0.484. The first-order valence-corrected chi connectivity index (χ1v) is 7.03. The van der Waals surface area contributed by atoms with E-state index in [0.29, 0.717) is 12.0 Å². The molecule has 1 aromatic heterocycles. The summed E-state index contributed by atoms with van der Waals surface area (Å²) in [5, 5.41) is 3.44. The molecule has 1 N–H and O–H groups in total. The van der Waals surface area contributed by atoms with Crippen molar-refractivity contribution < 1.29 is 0 Å². The van der Waals surface area contributed by atoms with Crippen molar-refractivity contribution in [3.8, 4) is 0 Å². The van der Waals surface area contributed by atoms with Crippen molar-refractivity contribution in [3.63, 3.8) is 0 Å². The standard InChI is InChI=1S/C15H24N2O/c1-11(2)16-9-12(3)10-17-14-6-4-5-13(14)7-8-15(17)18/h7-8,11-12,16H,4-6,9-10H2,1-3H3. The monoisotopic (exact) mass is 248 g/mol. The highest BCUT2D eigenvalue weighted by molar-refractivity contribution is 5.25. The van der Waals surface area contributed by atoms with Gasteiger partial charge in [-0.25, -0.2) is 0 Å². The Morgan fingerprint density at radius 1 is 1.28 bits per heavy atom. The molecule has 1 aliphatic carbocycles. The molecule has 1 aromatic rings. The average molecular weight is 248 g/mol. The van der Waals surface area contributed by atoms with Crippen LogP contribution in [0.15, 0.2) is 16.9 Å². The van der Waals surface area contributed by atoms with Gasteiger partial charge in [-0.2, -0.15) is 0 Å². The van der Waals surface area contributed by atoms with Gasteiger partial charge < -0.3 is 9.88 Å². The number of fused-ring (bicyclic) bond motifs is 1. The highest BCUT2D eigenvalue weighted by atomic mass is 16.1. The minimum Gasteiger partial charge on any atom is -0.314 e.